The molecule has 4 aromatic rings. The van der Waals surface area contributed by atoms with E-state index in [1.807, 2.05) is 12.1 Å². The number of nitrogens with zero attached hydrogens (tertiary/aromatic N) is 2. The zero-order chi connectivity index (χ0) is 24.1. The molecule has 0 saturated heterocycles. The number of aliphatic hydroxyl groups excluding tert-OH is 1. The quantitative estimate of drug-likeness (QED) is 0.373. The molecule has 174 valence electrons. The molecule has 1 amide bonds. The number of ketones is 1. The van der Waals surface area contributed by atoms with Crippen molar-refractivity contribution in [1.29, 1.82) is 0 Å². The van der Waals surface area contributed by atoms with Gasteiger partial charge in [0.25, 0.3) is 5.91 Å². The van der Waals surface area contributed by atoms with Crippen LogP contribution in [0.3, 0.4) is 0 Å². The van der Waals surface area contributed by atoms with E-state index >= 15 is 0 Å². The average Bonchev–Trinajstić information content (AvgIpc) is 3.29. The summed E-state index contributed by atoms with van der Waals surface area (Å²) >= 11 is 0. The first-order valence-electron chi connectivity index (χ1n) is 10.7. The Balaban J connectivity index is 1.52. The largest absolute Gasteiger partial charge is 0.386 e. The minimum absolute atomic E-state index is 0.0720. The van der Waals surface area contributed by atoms with E-state index in [0.717, 1.165) is 6.07 Å². The molecule has 0 radical (unpaired) electrons. The lowest BCUT2D eigenvalue weighted by molar-refractivity contribution is 0.0594. The van der Waals surface area contributed by atoms with E-state index in [0.29, 0.717) is 16.9 Å². The molecule has 0 aliphatic heterocycles. The zero-order valence-corrected chi connectivity index (χ0v) is 18.5. The Morgan fingerprint density at radius 1 is 1.12 bits per heavy atom. The number of pyridine rings is 1. The molecule has 2 aromatic carbocycles. The van der Waals surface area contributed by atoms with Gasteiger partial charge in [0.2, 0.25) is 0 Å². The molecule has 0 aliphatic carbocycles. The van der Waals surface area contributed by atoms with E-state index in [2.05, 4.69) is 10.3 Å². The molecule has 2 aromatic heterocycles. The van der Waals surface area contributed by atoms with E-state index in [1.165, 1.54) is 25.4 Å². The van der Waals surface area contributed by atoms with E-state index in [-0.39, 0.29) is 29.9 Å². The summed E-state index contributed by atoms with van der Waals surface area (Å²) in [6, 6.07) is 17.4. The van der Waals surface area contributed by atoms with E-state index in [1.54, 1.807) is 47.0 Å². The number of ether oxygens (including phenoxy) is 1. The number of aliphatic hydroxyl groups is 1. The topological polar surface area (TPSA) is 92.9 Å². The van der Waals surface area contributed by atoms with Gasteiger partial charge >= 0.3 is 0 Å². The number of fused-ring (bicyclic) bond motifs is 1. The van der Waals surface area contributed by atoms with Crippen molar-refractivity contribution in [1.82, 2.24) is 14.7 Å². The maximum Gasteiger partial charge on any atom is 0.251 e. The Morgan fingerprint density at radius 3 is 2.65 bits per heavy atom. The Bertz CT molecular complexity index is 1310. The number of nitrogens with one attached hydrogen (secondary N) is 1. The summed E-state index contributed by atoms with van der Waals surface area (Å²) in [4.78, 5) is 30.0. The standard InChI is InChI=1S/C26H24FN3O4/c1-34-16-21(25(32)17-7-3-2-4-8-17)29-26(33)18-10-11-20(27)19(13-18)14-23(31)22-15-28-24-9-5-6-12-30(22)24/h2-13,15,21,25,32H,14,16H2,1H3,(H,29,33)/t21-,25-/m0/s1. The number of imidazole rings is 1. The summed E-state index contributed by atoms with van der Waals surface area (Å²) in [6.45, 7) is 0.0720. The lowest BCUT2D eigenvalue weighted by atomic mass is 10.0. The van der Waals surface area contributed by atoms with Crippen molar-refractivity contribution >= 4 is 17.3 Å². The van der Waals surface area contributed by atoms with Crippen molar-refractivity contribution in [2.24, 2.45) is 0 Å². The van der Waals surface area contributed by atoms with Gasteiger partial charge in [0.05, 0.1) is 18.8 Å². The van der Waals surface area contributed by atoms with E-state index in [9.17, 15) is 19.1 Å². The van der Waals surface area contributed by atoms with Gasteiger partial charge in [-0.3, -0.25) is 14.0 Å². The maximum atomic E-state index is 14.5. The third kappa shape index (κ3) is 5.03. The summed E-state index contributed by atoms with van der Waals surface area (Å²) in [5, 5.41) is 13.5. The highest BCUT2D eigenvalue weighted by atomic mass is 19.1. The first-order chi connectivity index (χ1) is 16.5. The molecule has 0 fully saturated rings. The molecule has 0 aliphatic rings. The van der Waals surface area contributed by atoms with Crippen LogP contribution < -0.4 is 5.32 Å². The first kappa shape index (κ1) is 23.3. The Labute approximate surface area is 195 Å². The molecule has 0 saturated carbocycles. The number of amides is 1. The number of carbonyl (C=O) groups excluding carboxylic acids is 2. The van der Waals surface area contributed by atoms with Crippen LogP contribution in [0.1, 0.15) is 38.1 Å². The summed E-state index contributed by atoms with van der Waals surface area (Å²) in [5.74, 6) is -1.43. The number of halogens is 1. The SMILES string of the molecule is COC[C@H](NC(=O)c1ccc(F)c(CC(=O)c2cnc3ccccn23)c1)[C@@H](O)c1ccccc1. The monoisotopic (exact) mass is 461 g/mol. The number of benzene rings is 2. The van der Waals surface area contributed by atoms with Crippen molar-refractivity contribution in [2.75, 3.05) is 13.7 Å². The smallest absolute Gasteiger partial charge is 0.251 e. The predicted octanol–water partition coefficient (Wildman–Crippen LogP) is 3.38. The number of Topliss-reactive ketones (excluding diaryl/α,β-unsaturated/α-hetero) is 1. The third-order valence-electron chi connectivity index (χ3n) is 5.55. The zero-order valence-electron chi connectivity index (χ0n) is 18.5. The molecule has 0 spiro atoms. The Morgan fingerprint density at radius 2 is 1.88 bits per heavy atom. The highest BCUT2D eigenvalue weighted by Gasteiger charge is 2.24. The van der Waals surface area contributed by atoms with Crippen LogP contribution in [-0.4, -0.2) is 45.9 Å². The van der Waals surface area contributed by atoms with Gasteiger partial charge in [-0.2, -0.15) is 0 Å². The van der Waals surface area contributed by atoms with Crippen LogP contribution >= 0.6 is 0 Å². The lowest BCUT2D eigenvalue weighted by Crippen LogP contribution is -2.42. The van der Waals surface area contributed by atoms with E-state index < -0.39 is 23.9 Å². The predicted molar refractivity (Wildman–Crippen MR) is 124 cm³/mol. The normalized spacial score (nSPS) is 12.9. The van der Waals surface area contributed by atoms with Gasteiger partial charge in [-0.1, -0.05) is 36.4 Å². The molecule has 4 rings (SSSR count). The van der Waals surface area contributed by atoms with Gasteiger partial charge < -0.3 is 15.2 Å². The third-order valence-corrected chi connectivity index (χ3v) is 5.55. The van der Waals surface area contributed by atoms with Crippen LogP contribution in [0.4, 0.5) is 4.39 Å². The minimum Gasteiger partial charge on any atom is -0.386 e. The van der Waals surface area contributed by atoms with Crippen LogP contribution in [0.15, 0.2) is 79.1 Å². The number of methoxy groups -OCH3 is 1. The molecule has 7 nitrogen and oxygen atoms in total. The number of hydrogen-bond donors (Lipinski definition) is 2. The van der Waals surface area contributed by atoms with Crippen LogP contribution in [0, 0.1) is 5.82 Å². The molecule has 8 heteroatoms. The molecular weight excluding hydrogens is 437 g/mol. The van der Waals surface area contributed by atoms with Crippen molar-refractivity contribution in [2.45, 2.75) is 18.6 Å². The maximum absolute atomic E-state index is 14.5. The van der Waals surface area contributed by atoms with Crippen LogP contribution in [-0.2, 0) is 11.2 Å². The van der Waals surface area contributed by atoms with Crippen molar-refractivity contribution in [3.63, 3.8) is 0 Å². The van der Waals surface area contributed by atoms with Gasteiger partial charge in [-0.25, -0.2) is 9.37 Å². The average molecular weight is 461 g/mol. The van der Waals surface area contributed by atoms with Crippen molar-refractivity contribution < 1.29 is 23.8 Å². The minimum atomic E-state index is -0.998. The van der Waals surface area contributed by atoms with Gasteiger partial charge in [-0.05, 0) is 41.5 Å². The Hall–Kier alpha value is -3.88. The number of hydrogen-bond acceptors (Lipinski definition) is 5. The van der Waals surface area contributed by atoms with Crippen molar-refractivity contribution in [3.05, 3.63) is 107 Å². The van der Waals surface area contributed by atoms with Gasteiger partial charge in [0, 0.05) is 25.3 Å². The van der Waals surface area contributed by atoms with Crippen LogP contribution in [0.25, 0.3) is 5.65 Å². The lowest BCUT2D eigenvalue weighted by Gasteiger charge is -2.24. The Kier molecular flexibility index (Phi) is 7.10. The number of carbonyl (C=O) groups is 2. The molecule has 0 unspecified atom stereocenters. The van der Waals surface area contributed by atoms with Crippen LogP contribution in [0.2, 0.25) is 0 Å². The fourth-order valence-corrected chi connectivity index (χ4v) is 3.78. The van der Waals surface area contributed by atoms with E-state index in [4.69, 9.17) is 4.74 Å². The number of rotatable bonds is 9. The van der Waals surface area contributed by atoms with Crippen LogP contribution in [0.5, 0.6) is 0 Å². The summed E-state index contributed by atoms with van der Waals surface area (Å²) in [7, 11) is 1.47. The second kappa shape index (κ2) is 10.4. The molecule has 2 atom stereocenters. The van der Waals surface area contributed by atoms with Gasteiger partial charge in [0.15, 0.2) is 5.78 Å². The molecule has 0 bridgehead atoms. The second-order valence-electron chi connectivity index (χ2n) is 7.87. The first-order valence-corrected chi connectivity index (χ1v) is 10.7. The second-order valence-corrected chi connectivity index (χ2v) is 7.87. The van der Waals surface area contributed by atoms with Crippen molar-refractivity contribution in [3.8, 4) is 0 Å². The number of aromatic nitrogens is 2. The highest BCUT2D eigenvalue weighted by molar-refractivity contribution is 5.98. The molecular formula is C26H24FN3O4. The molecule has 2 N–H and O–H groups in total. The van der Waals surface area contributed by atoms with Gasteiger partial charge in [-0.15, -0.1) is 0 Å². The molecule has 34 heavy (non-hydrogen) atoms. The summed E-state index contributed by atoms with van der Waals surface area (Å²) in [6.07, 6.45) is 1.93. The fraction of sp³-hybridized carbons (Fsp3) is 0.192. The highest BCUT2D eigenvalue weighted by Crippen LogP contribution is 2.19. The summed E-state index contributed by atoms with van der Waals surface area (Å²) in [5.41, 5.74) is 1.83. The van der Waals surface area contributed by atoms with Gasteiger partial charge in [0.1, 0.15) is 23.3 Å². The summed E-state index contributed by atoms with van der Waals surface area (Å²) < 4.78 is 21.3. The fourth-order valence-electron chi connectivity index (χ4n) is 3.78. The molecule has 2 heterocycles.